The number of hydrogen-bond acceptors (Lipinski definition) is 8. The summed E-state index contributed by atoms with van der Waals surface area (Å²) in [6, 6.07) is 7.66. The van der Waals surface area contributed by atoms with E-state index in [0.717, 1.165) is 29.0 Å². The minimum absolute atomic E-state index is 0.0447. The number of fused-ring (bicyclic) bond motifs is 1. The van der Waals surface area contributed by atoms with Crippen molar-refractivity contribution in [2.75, 3.05) is 10.2 Å². The van der Waals surface area contributed by atoms with E-state index >= 15 is 0 Å². The van der Waals surface area contributed by atoms with E-state index in [9.17, 15) is 9.59 Å². The lowest BCUT2D eigenvalue weighted by molar-refractivity contribution is 0.0967. The Hall–Kier alpha value is -3.27. The van der Waals surface area contributed by atoms with Crippen molar-refractivity contribution in [1.29, 1.82) is 0 Å². The summed E-state index contributed by atoms with van der Waals surface area (Å²) in [7, 11) is 0. The summed E-state index contributed by atoms with van der Waals surface area (Å²) in [5.41, 5.74) is 2.41. The molecule has 2 N–H and O–H groups in total. The smallest absolute Gasteiger partial charge is 0.321 e. The van der Waals surface area contributed by atoms with Gasteiger partial charge in [-0.3, -0.25) is 10.1 Å². The van der Waals surface area contributed by atoms with Crippen LogP contribution >= 0.6 is 11.3 Å². The Labute approximate surface area is 202 Å². The number of nitrogens with zero attached hydrogens (tertiary/aromatic N) is 4. The fraction of sp³-hybridized carbons (Fsp3) is 0.458. The molecule has 10 heteroatoms. The standard InChI is InChI=1S/C24H28N6O3S/c1-12(2)25-22(32)27-23-26-18-10-13(3)30(14(4)20(18)34-23)24-29-28-21(33-24)17-7-5-6-16(11-17)19(31)15-8-9-15/h5-7,11-15H,8-10H2,1-4H3,(H2,25,26,27,32)/t13-,14+/m1/s1. The van der Waals surface area contributed by atoms with Gasteiger partial charge in [0.1, 0.15) is 0 Å². The van der Waals surface area contributed by atoms with E-state index in [2.05, 4.69) is 44.6 Å². The van der Waals surface area contributed by atoms with Crippen LogP contribution in [-0.2, 0) is 6.42 Å². The van der Waals surface area contributed by atoms with Crippen LogP contribution in [0.1, 0.15) is 67.5 Å². The van der Waals surface area contributed by atoms with E-state index in [0.29, 0.717) is 29.0 Å². The van der Waals surface area contributed by atoms with Gasteiger partial charge < -0.3 is 14.6 Å². The second kappa shape index (κ2) is 8.83. The summed E-state index contributed by atoms with van der Waals surface area (Å²) in [6.45, 7) is 7.99. The zero-order chi connectivity index (χ0) is 24.0. The highest BCUT2D eigenvalue weighted by Crippen LogP contribution is 2.41. The van der Waals surface area contributed by atoms with E-state index in [1.807, 2.05) is 38.1 Å². The molecule has 2 aromatic heterocycles. The molecule has 2 amide bonds. The van der Waals surface area contributed by atoms with Crippen LogP contribution in [0.5, 0.6) is 0 Å². The van der Waals surface area contributed by atoms with Crippen LogP contribution in [-0.4, -0.2) is 39.1 Å². The van der Waals surface area contributed by atoms with Crippen LogP contribution in [0.4, 0.5) is 15.9 Å². The Bertz CT molecular complexity index is 1230. The molecule has 34 heavy (non-hydrogen) atoms. The van der Waals surface area contributed by atoms with Crippen LogP contribution in [0.25, 0.3) is 11.5 Å². The Balaban J connectivity index is 1.36. The van der Waals surface area contributed by atoms with Gasteiger partial charge in [0.2, 0.25) is 5.89 Å². The van der Waals surface area contributed by atoms with Gasteiger partial charge in [0.05, 0.1) is 16.6 Å². The summed E-state index contributed by atoms with van der Waals surface area (Å²) >= 11 is 1.46. The fourth-order valence-electron chi connectivity index (χ4n) is 4.35. The molecule has 1 aliphatic heterocycles. The highest BCUT2D eigenvalue weighted by molar-refractivity contribution is 7.16. The van der Waals surface area contributed by atoms with Gasteiger partial charge in [-0.25, -0.2) is 9.78 Å². The number of anilines is 2. The molecular formula is C24H28N6O3S. The fourth-order valence-corrected chi connectivity index (χ4v) is 5.39. The number of Topliss-reactive ketones (excluding diaryl/α,β-unsaturated/α-hetero) is 1. The third kappa shape index (κ3) is 4.42. The monoisotopic (exact) mass is 480 g/mol. The summed E-state index contributed by atoms with van der Waals surface area (Å²) in [5, 5.41) is 14.8. The van der Waals surface area contributed by atoms with Crippen molar-refractivity contribution in [1.82, 2.24) is 20.5 Å². The predicted molar refractivity (Wildman–Crippen MR) is 130 cm³/mol. The van der Waals surface area contributed by atoms with E-state index < -0.39 is 0 Å². The van der Waals surface area contributed by atoms with E-state index in [-0.39, 0.29) is 35.9 Å². The molecule has 9 nitrogen and oxygen atoms in total. The van der Waals surface area contributed by atoms with Crippen molar-refractivity contribution >= 4 is 34.3 Å². The Kier molecular flexibility index (Phi) is 5.85. The minimum Gasteiger partial charge on any atom is -0.403 e. The average molecular weight is 481 g/mol. The highest BCUT2D eigenvalue weighted by atomic mass is 32.1. The molecule has 1 fully saturated rings. The van der Waals surface area contributed by atoms with Gasteiger partial charge in [0, 0.05) is 35.5 Å². The molecule has 0 unspecified atom stereocenters. The Morgan fingerprint density at radius 3 is 2.74 bits per heavy atom. The molecule has 1 saturated carbocycles. The first-order valence-electron chi connectivity index (χ1n) is 11.6. The number of hydrogen-bond donors (Lipinski definition) is 2. The number of carbonyl (C=O) groups is 2. The molecule has 2 aliphatic rings. The SMILES string of the molecule is CC(C)NC(=O)Nc1nc2c(s1)[C@H](C)N(c1nnc(-c3cccc(C(=O)C4CC4)c3)o1)[C@H](C)C2. The van der Waals surface area contributed by atoms with E-state index in [4.69, 9.17) is 4.42 Å². The number of nitrogens with one attached hydrogen (secondary N) is 2. The highest BCUT2D eigenvalue weighted by Gasteiger charge is 2.36. The maximum Gasteiger partial charge on any atom is 0.321 e. The first-order chi connectivity index (χ1) is 16.3. The predicted octanol–water partition coefficient (Wildman–Crippen LogP) is 4.83. The number of aromatic nitrogens is 3. The number of urea groups is 1. The first kappa shape index (κ1) is 22.5. The van der Waals surface area contributed by atoms with Gasteiger partial charge in [-0.1, -0.05) is 28.6 Å². The summed E-state index contributed by atoms with van der Waals surface area (Å²) in [6.07, 6.45) is 2.64. The lowest BCUT2D eigenvalue weighted by Gasteiger charge is -2.36. The Morgan fingerprint density at radius 1 is 1.21 bits per heavy atom. The van der Waals surface area contributed by atoms with Gasteiger partial charge in [-0.15, -0.1) is 5.10 Å². The quantitative estimate of drug-likeness (QED) is 0.486. The van der Waals surface area contributed by atoms with Crippen LogP contribution in [0, 0.1) is 5.92 Å². The second-order valence-corrected chi connectivity index (χ2v) is 10.4. The third-order valence-electron chi connectivity index (χ3n) is 6.11. The topological polar surface area (TPSA) is 113 Å². The van der Waals surface area contributed by atoms with Crippen LogP contribution < -0.4 is 15.5 Å². The molecule has 0 saturated heterocycles. The van der Waals surface area contributed by atoms with Crippen LogP contribution in [0.2, 0.25) is 0 Å². The van der Waals surface area contributed by atoms with Crippen LogP contribution in [0.3, 0.4) is 0 Å². The Morgan fingerprint density at radius 2 is 2.00 bits per heavy atom. The van der Waals surface area contributed by atoms with Crippen molar-refractivity contribution in [2.24, 2.45) is 5.92 Å². The number of ketones is 1. The number of carbonyl (C=O) groups excluding carboxylic acids is 2. The number of rotatable bonds is 6. The van der Waals surface area contributed by atoms with Gasteiger partial charge in [-0.2, -0.15) is 0 Å². The minimum atomic E-state index is -0.261. The third-order valence-corrected chi connectivity index (χ3v) is 7.29. The molecule has 1 aromatic carbocycles. The maximum atomic E-state index is 12.5. The zero-order valence-electron chi connectivity index (χ0n) is 19.7. The molecular weight excluding hydrogens is 452 g/mol. The van der Waals surface area contributed by atoms with Gasteiger partial charge in [-0.05, 0) is 52.7 Å². The molecule has 0 radical (unpaired) electrons. The molecule has 0 bridgehead atoms. The van der Waals surface area contributed by atoms with E-state index in [1.54, 1.807) is 0 Å². The zero-order valence-corrected chi connectivity index (χ0v) is 20.5. The molecule has 5 rings (SSSR count). The molecule has 2 atom stereocenters. The van der Waals surface area contributed by atoms with Gasteiger partial charge in [0.25, 0.3) is 0 Å². The second-order valence-electron chi connectivity index (χ2n) is 9.33. The van der Waals surface area contributed by atoms with Gasteiger partial charge in [0.15, 0.2) is 10.9 Å². The van der Waals surface area contributed by atoms with Crippen molar-refractivity contribution < 1.29 is 14.0 Å². The summed E-state index contributed by atoms with van der Waals surface area (Å²) in [4.78, 5) is 32.4. The summed E-state index contributed by atoms with van der Waals surface area (Å²) < 4.78 is 6.09. The summed E-state index contributed by atoms with van der Waals surface area (Å²) in [5.74, 6) is 0.736. The number of benzene rings is 1. The van der Waals surface area contributed by atoms with E-state index in [1.165, 1.54) is 11.3 Å². The van der Waals surface area contributed by atoms with Crippen molar-refractivity contribution in [3.63, 3.8) is 0 Å². The lowest BCUT2D eigenvalue weighted by Crippen LogP contribution is -2.41. The van der Waals surface area contributed by atoms with Crippen molar-refractivity contribution in [2.45, 2.75) is 65.1 Å². The lowest BCUT2D eigenvalue weighted by atomic mass is 10.0. The largest absolute Gasteiger partial charge is 0.403 e. The normalized spacial score (nSPS) is 19.7. The van der Waals surface area contributed by atoms with Crippen LogP contribution in [0.15, 0.2) is 28.7 Å². The maximum absolute atomic E-state index is 12.5. The van der Waals surface area contributed by atoms with Gasteiger partial charge >= 0.3 is 12.0 Å². The average Bonchev–Trinajstić information content (AvgIpc) is 3.39. The molecule has 3 aromatic rings. The molecule has 3 heterocycles. The molecule has 1 aliphatic carbocycles. The molecule has 178 valence electrons. The first-order valence-corrected chi connectivity index (χ1v) is 12.5. The van der Waals surface area contributed by atoms with Crippen molar-refractivity contribution in [3.8, 4) is 11.5 Å². The molecule has 0 spiro atoms. The number of amides is 2. The van der Waals surface area contributed by atoms with Crippen molar-refractivity contribution in [3.05, 3.63) is 40.4 Å². The number of thiazole rings is 1.